The number of imide groups is 1. The van der Waals surface area contributed by atoms with Crippen LogP contribution in [0.3, 0.4) is 0 Å². The number of likely N-dealkylation sites (tertiary alicyclic amines) is 1. The molecule has 150 valence electrons. The van der Waals surface area contributed by atoms with E-state index in [1.807, 2.05) is 38.3 Å². The number of hydrogen-bond acceptors (Lipinski definition) is 5. The topological polar surface area (TPSA) is 78.5 Å². The summed E-state index contributed by atoms with van der Waals surface area (Å²) in [5.41, 5.74) is 0.259. The molecule has 4 rings (SSSR count). The Morgan fingerprint density at radius 1 is 1.29 bits per heavy atom. The predicted molar refractivity (Wildman–Crippen MR) is 113 cm³/mol. The first-order valence-corrected chi connectivity index (χ1v) is 11.8. The highest BCUT2D eigenvalue weighted by molar-refractivity contribution is 9.10. The van der Waals surface area contributed by atoms with E-state index in [0.717, 1.165) is 22.2 Å². The lowest BCUT2D eigenvalue weighted by Gasteiger charge is -2.31. The van der Waals surface area contributed by atoms with Crippen LogP contribution in [-0.2, 0) is 19.9 Å². The first-order valence-electron chi connectivity index (χ1n) is 9.61. The molecule has 3 heterocycles. The molecular formula is C20H24BrN3O3S. The van der Waals surface area contributed by atoms with Crippen LogP contribution >= 0.6 is 27.7 Å². The largest absolute Gasteiger partial charge is 0.324 e. The van der Waals surface area contributed by atoms with Crippen molar-refractivity contribution in [1.29, 1.82) is 0 Å². The van der Waals surface area contributed by atoms with Crippen molar-refractivity contribution in [2.24, 2.45) is 11.8 Å². The number of carbonyl (C=O) groups excluding carboxylic acids is 3. The van der Waals surface area contributed by atoms with Crippen LogP contribution in [0.25, 0.3) is 0 Å². The molecule has 3 amide bonds. The maximum absolute atomic E-state index is 13.5. The minimum atomic E-state index is -1.19. The van der Waals surface area contributed by atoms with Gasteiger partial charge in [-0.05, 0) is 50.0 Å². The third-order valence-corrected chi connectivity index (χ3v) is 7.51. The Balaban J connectivity index is 1.86. The second kappa shape index (κ2) is 7.15. The number of hydrogen-bond donors (Lipinski definition) is 2. The van der Waals surface area contributed by atoms with Crippen molar-refractivity contribution in [3.8, 4) is 0 Å². The highest BCUT2D eigenvalue weighted by atomic mass is 79.9. The number of carbonyl (C=O) groups is 3. The standard InChI is InChI=1S/C20H24BrN3O3S/c1-4-10(2)24-17(25)15-14(7-8-28-3)23-20(16(15)18(24)26)12-9-11(21)5-6-13(12)22-19(20)27/h5-6,9-10,14-16,23H,4,7-8H2,1-3H3,(H,22,27)/t10-,14-,15+,16-,20+/m0/s1. The molecule has 0 saturated carbocycles. The fraction of sp³-hybridized carbons (Fsp3) is 0.550. The van der Waals surface area contributed by atoms with Crippen molar-refractivity contribution in [1.82, 2.24) is 10.2 Å². The number of anilines is 1. The Labute approximate surface area is 177 Å². The highest BCUT2D eigenvalue weighted by Gasteiger charge is 2.70. The third kappa shape index (κ3) is 2.60. The Morgan fingerprint density at radius 2 is 2.04 bits per heavy atom. The lowest BCUT2D eigenvalue weighted by atomic mass is 9.76. The van der Waals surface area contributed by atoms with Crippen LogP contribution < -0.4 is 10.6 Å². The van der Waals surface area contributed by atoms with Gasteiger partial charge in [0.15, 0.2) is 0 Å². The number of halogens is 1. The van der Waals surface area contributed by atoms with Crippen molar-refractivity contribution < 1.29 is 14.4 Å². The molecule has 1 aromatic rings. The number of benzene rings is 1. The Hall–Kier alpha value is -1.38. The van der Waals surface area contributed by atoms with E-state index in [1.165, 1.54) is 4.90 Å². The molecule has 28 heavy (non-hydrogen) atoms. The van der Waals surface area contributed by atoms with Gasteiger partial charge in [0.25, 0.3) is 0 Å². The summed E-state index contributed by atoms with van der Waals surface area (Å²) in [6.45, 7) is 3.86. The van der Waals surface area contributed by atoms with Crippen molar-refractivity contribution in [2.75, 3.05) is 17.3 Å². The summed E-state index contributed by atoms with van der Waals surface area (Å²) in [5, 5.41) is 6.39. The van der Waals surface area contributed by atoms with Crippen molar-refractivity contribution >= 4 is 51.1 Å². The molecule has 2 N–H and O–H groups in total. The second-order valence-corrected chi connectivity index (χ2v) is 9.69. The summed E-state index contributed by atoms with van der Waals surface area (Å²) in [4.78, 5) is 41.5. The third-order valence-electron chi connectivity index (χ3n) is 6.38. The molecule has 0 aromatic heterocycles. The van der Waals surface area contributed by atoms with Crippen LogP contribution in [0.5, 0.6) is 0 Å². The summed E-state index contributed by atoms with van der Waals surface area (Å²) >= 11 is 5.18. The predicted octanol–water partition coefficient (Wildman–Crippen LogP) is 2.72. The minimum absolute atomic E-state index is 0.143. The Morgan fingerprint density at radius 3 is 2.71 bits per heavy atom. The van der Waals surface area contributed by atoms with E-state index >= 15 is 0 Å². The van der Waals surface area contributed by atoms with Gasteiger partial charge in [0.1, 0.15) is 5.54 Å². The van der Waals surface area contributed by atoms with Crippen LogP contribution in [0.2, 0.25) is 0 Å². The maximum atomic E-state index is 13.5. The summed E-state index contributed by atoms with van der Waals surface area (Å²) in [6, 6.07) is 5.21. The number of nitrogens with one attached hydrogen (secondary N) is 2. The van der Waals surface area contributed by atoms with E-state index in [-0.39, 0.29) is 29.8 Å². The molecule has 0 unspecified atom stereocenters. The van der Waals surface area contributed by atoms with Crippen LogP contribution in [0, 0.1) is 11.8 Å². The van der Waals surface area contributed by atoms with Gasteiger partial charge in [0.2, 0.25) is 17.7 Å². The molecular weight excluding hydrogens is 442 g/mol. The van der Waals surface area contributed by atoms with E-state index in [2.05, 4.69) is 26.6 Å². The van der Waals surface area contributed by atoms with Gasteiger partial charge in [-0.1, -0.05) is 22.9 Å². The molecule has 3 aliphatic rings. The summed E-state index contributed by atoms with van der Waals surface area (Å²) in [6.07, 6.45) is 3.44. The van der Waals surface area contributed by atoms with Crippen LogP contribution in [0.1, 0.15) is 32.3 Å². The maximum Gasteiger partial charge on any atom is 0.250 e. The normalized spacial score (nSPS) is 32.1. The zero-order valence-corrected chi connectivity index (χ0v) is 18.5. The minimum Gasteiger partial charge on any atom is -0.324 e. The Bertz CT molecular complexity index is 863. The SMILES string of the molecule is CC[C@H](C)N1C(=O)[C@@H]2[C@H](CCSC)N[C@@]3(C(=O)Nc4ccc(Br)cc43)[C@@H]2C1=O. The molecule has 8 heteroatoms. The molecule has 3 aliphatic heterocycles. The fourth-order valence-corrected chi connectivity index (χ4v) is 5.76. The van der Waals surface area contributed by atoms with E-state index in [0.29, 0.717) is 12.1 Å². The molecule has 2 saturated heterocycles. The number of thioether (sulfide) groups is 1. The lowest BCUT2D eigenvalue weighted by Crippen LogP contribution is -2.54. The number of amides is 3. The molecule has 6 nitrogen and oxygen atoms in total. The second-order valence-electron chi connectivity index (χ2n) is 7.79. The first-order chi connectivity index (χ1) is 13.4. The smallest absolute Gasteiger partial charge is 0.250 e. The number of rotatable bonds is 5. The van der Waals surface area contributed by atoms with E-state index in [1.54, 1.807) is 11.8 Å². The zero-order valence-electron chi connectivity index (χ0n) is 16.1. The van der Waals surface area contributed by atoms with Gasteiger partial charge in [0.05, 0.1) is 11.8 Å². The van der Waals surface area contributed by atoms with E-state index < -0.39 is 17.4 Å². The quantitative estimate of drug-likeness (QED) is 0.653. The zero-order chi connectivity index (χ0) is 20.2. The number of nitrogens with zero attached hydrogens (tertiary/aromatic N) is 1. The van der Waals surface area contributed by atoms with Gasteiger partial charge < -0.3 is 5.32 Å². The first kappa shape index (κ1) is 19.9. The molecule has 0 aliphatic carbocycles. The van der Waals surface area contributed by atoms with Gasteiger partial charge in [-0.15, -0.1) is 0 Å². The van der Waals surface area contributed by atoms with Gasteiger partial charge in [-0.25, -0.2) is 0 Å². The van der Waals surface area contributed by atoms with E-state index in [4.69, 9.17) is 0 Å². The van der Waals surface area contributed by atoms with Crippen LogP contribution in [0.4, 0.5) is 5.69 Å². The van der Waals surface area contributed by atoms with Crippen molar-refractivity contribution in [2.45, 2.75) is 44.3 Å². The van der Waals surface area contributed by atoms with Gasteiger partial charge >= 0.3 is 0 Å². The highest BCUT2D eigenvalue weighted by Crippen LogP contribution is 2.54. The van der Waals surface area contributed by atoms with Crippen molar-refractivity contribution in [3.63, 3.8) is 0 Å². The average Bonchev–Trinajstić information content (AvgIpc) is 3.25. The van der Waals surface area contributed by atoms with Gasteiger partial charge in [0, 0.05) is 27.8 Å². The van der Waals surface area contributed by atoms with Crippen LogP contribution in [-0.4, -0.2) is 46.7 Å². The number of fused-ring (bicyclic) bond motifs is 4. The van der Waals surface area contributed by atoms with E-state index in [9.17, 15) is 14.4 Å². The summed E-state index contributed by atoms with van der Waals surface area (Å²) < 4.78 is 0.837. The molecule has 2 fully saturated rings. The fourth-order valence-electron chi connectivity index (χ4n) is 4.91. The lowest BCUT2D eigenvalue weighted by molar-refractivity contribution is -0.145. The molecule has 0 bridgehead atoms. The summed E-state index contributed by atoms with van der Waals surface area (Å²) in [7, 11) is 0. The monoisotopic (exact) mass is 465 g/mol. The molecule has 1 spiro atoms. The summed E-state index contributed by atoms with van der Waals surface area (Å²) in [5.74, 6) is -0.980. The molecule has 1 aromatic carbocycles. The average molecular weight is 466 g/mol. The Kier molecular flexibility index (Phi) is 5.08. The van der Waals surface area contributed by atoms with Gasteiger partial charge in [-0.3, -0.25) is 24.6 Å². The van der Waals surface area contributed by atoms with Crippen LogP contribution in [0.15, 0.2) is 22.7 Å². The molecule has 5 atom stereocenters. The van der Waals surface area contributed by atoms with Crippen molar-refractivity contribution in [3.05, 3.63) is 28.2 Å². The molecule has 0 radical (unpaired) electrons. The van der Waals surface area contributed by atoms with Gasteiger partial charge in [-0.2, -0.15) is 11.8 Å².